The number of benzene rings is 1. The highest BCUT2D eigenvalue weighted by Crippen LogP contribution is 2.12. The van der Waals surface area contributed by atoms with E-state index in [1.54, 1.807) is 0 Å². The normalized spacial score (nSPS) is 12.6. The Morgan fingerprint density at radius 3 is 2.44 bits per heavy atom. The van der Waals surface area contributed by atoms with Crippen LogP contribution in [-0.4, -0.2) is 23.4 Å². The topological polar surface area (TPSA) is 46.3 Å². The number of nitrogens with zero attached hydrogens (tertiary/aromatic N) is 1. The van der Waals surface area contributed by atoms with Gasteiger partial charge in [-0.15, -0.1) is 0 Å². The molecule has 0 radical (unpaired) electrons. The van der Waals surface area contributed by atoms with Gasteiger partial charge in [0, 0.05) is 13.1 Å². The molecule has 3 heteroatoms. The molecule has 0 saturated heterocycles. The number of hydrogen-bond acceptors (Lipinski definition) is 2. The number of rotatable bonds is 5. The molecule has 1 unspecified atom stereocenters. The van der Waals surface area contributed by atoms with E-state index >= 15 is 0 Å². The number of aryl methyl sites for hydroxylation is 1. The second kappa shape index (κ2) is 6.55. The molecule has 1 atom stereocenters. The third-order valence-electron chi connectivity index (χ3n) is 3.32. The number of carbonyl (C=O) groups excluding carboxylic acids is 1. The van der Waals surface area contributed by atoms with Crippen LogP contribution >= 0.6 is 0 Å². The van der Waals surface area contributed by atoms with Crippen molar-refractivity contribution in [3.8, 4) is 0 Å². The van der Waals surface area contributed by atoms with Crippen molar-refractivity contribution in [2.24, 2.45) is 11.7 Å². The van der Waals surface area contributed by atoms with Gasteiger partial charge in [-0.1, -0.05) is 38.1 Å². The molecule has 1 rings (SSSR count). The highest BCUT2D eigenvalue weighted by molar-refractivity contribution is 5.81. The van der Waals surface area contributed by atoms with Crippen molar-refractivity contribution >= 4 is 5.91 Å². The van der Waals surface area contributed by atoms with Gasteiger partial charge in [0.15, 0.2) is 0 Å². The highest BCUT2D eigenvalue weighted by atomic mass is 16.2. The van der Waals surface area contributed by atoms with E-state index < -0.39 is 6.04 Å². The third kappa shape index (κ3) is 3.57. The molecule has 1 aromatic carbocycles. The Labute approximate surface area is 110 Å². The van der Waals surface area contributed by atoms with Crippen molar-refractivity contribution in [2.45, 2.75) is 40.3 Å². The molecule has 0 aliphatic carbocycles. The standard InChI is InChI=1S/C15H24N2O/c1-5-17(15(18)14(16)11(2)3)10-13-9-7-6-8-12(13)4/h6-9,11,14H,5,10,16H2,1-4H3. The van der Waals surface area contributed by atoms with Crippen LogP contribution in [0.2, 0.25) is 0 Å². The van der Waals surface area contributed by atoms with E-state index in [2.05, 4.69) is 19.1 Å². The molecule has 0 bridgehead atoms. The molecule has 100 valence electrons. The van der Waals surface area contributed by atoms with Crippen molar-refractivity contribution in [2.75, 3.05) is 6.54 Å². The lowest BCUT2D eigenvalue weighted by molar-refractivity contribution is -0.134. The van der Waals surface area contributed by atoms with Gasteiger partial charge >= 0.3 is 0 Å². The van der Waals surface area contributed by atoms with Crippen LogP contribution in [-0.2, 0) is 11.3 Å². The molecule has 18 heavy (non-hydrogen) atoms. The summed E-state index contributed by atoms with van der Waals surface area (Å²) in [5.74, 6) is 0.208. The van der Waals surface area contributed by atoms with Crippen molar-refractivity contribution in [3.05, 3.63) is 35.4 Å². The number of carbonyl (C=O) groups is 1. The minimum absolute atomic E-state index is 0.0377. The molecule has 0 spiro atoms. The lowest BCUT2D eigenvalue weighted by Crippen LogP contribution is -2.46. The molecule has 1 aromatic rings. The second-order valence-corrected chi connectivity index (χ2v) is 5.05. The van der Waals surface area contributed by atoms with Gasteiger partial charge in [-0.3, -0.25) is 4.79 Å². The van der Waals surface area contributed by atoms with Gasteiger partial charge in [-0.05, 0) is 30.9 Å². The van der Waals surface area contributed by atoms with E-state index in [-0.39, 0.29) is 11.8 Å². The predicted octanol–water partition coefficient (Wildman–Crippen LogP) is 2.33. The van der Waals surface area contributed by atoms with Crippen molar-refractivity contribution < 1.29 is 4.79 Å². The summed E-state index contributed by atoms with van der Waals surface area (Å²) >= 11 is 0. The summed E-state index contributed by atoms with van der Waals surface area (Å²) in [7, 11) is 0. The summed E-state index contributed by atoms with van der Waals surface area (Å²) in [6.07, 6.45) is 0. The average molecular weight is 248 g/mol. The van der Waals surface area contributed by atoms with E-state index in [0.29, 0.717) is 13.1 Å². The summed E-state index contributed by atoms with van der Waals surface area (Å²) in [5, 5.41) is 0. The molecular formula is C15H24N2O. The van der Waals surface area contributed by atoms with Gasteiger partial charge in [-0.2, -0.15) is 0 Å². The van der Waals surface area contributed by atoms with Gasteiger partial charge in [0.05, 0.1) is 6.04 Å². The Kier molecular flexibility index (Phi) is 5.35. The van der Waals surface area contributed by atoms with Crippen LogP contribution in [0.15, 0.2) is 24.3 Å². The van der Waals surface area contributed by atoms with E-state index in [9.17, 15) is 4.79 Å². The molecule has 0 aliphatic heterocycles. The lowest BCUT2D eigenvalue weighted by Gasteiger charge is -2.26. The monoisotopic (exact) mass is 248 g/mol. The fourth-order valence-corrected chi connectivity index (χ4v) is 1.83. The van der Waals surface area contributed by atoms with Crippen LogP contribution in [0.25, 0.3) is 0 Å². The number of hydrogen-bond donors (Lipinski definition) is 1. The molecule has 0 aromatic heterocycles. The zero-order chi connectivity index (χ0) is 13.7. The molecular weight excluding hydrogens is 224 g/mol. The Morgan fingerprint density at radius 2 is 1.94 bits per heavy atom. The van der Waals surface area contributed by atoms with Crippen molar-refractivity contribution in [1.29, 1.82) is 0 Å². The van der Waals surface area contributed by atoms with Gasteiger partial charge in [-0.25, -0.2) is 0 Å². The van der Waals surface area contributed by atoms with Gasteiger partial charge in [0.25, 0.3) is 0 Å². The second-order valence-electron chi connectivity index (χ2n) is 5.05. The van der Waals surface area contributed by atoms with Crippen molar-refractivity contribution in [1.82, 2.24) is 4.90 Å². The Bertz CT molecular complexity index is 401. The third-order valence-corrected chi connectivity index (χ3v) is 3.32. The number of nitrogens with two attached hydrogens (primary N) is 1. The molecule has 0 fully saturated rings. The van der Waals surface area contributed by atoms with Crippen LogP contribution in [0.3, 0.4) is 0 Å². The average Bonchev–Trinajstić information content (AvgIpc) is 2.36. The maximum Gasteiger partial charge on any atom is 0.240 e. The molecule has 0 heterocycles. The first-order chi connectivity index (χ1) is 8.47. The smallest absolute Gasteiger partial charge is 0.240 e. The minimum atomic E-state index is -0.408. The number of likely N-dealkylation sites (N-methyl/N-ethyl adjacent to an activating group) is 1. The summed E-state index contributed by atoms with van der Waals surface area (Å²) in [6, 6.07) is 7.73. The van der Waals surface area contributed by atoms with Crippen LogP contribution < -0.4 is 5.73 Å². The summed E-state index contributed by atoms with van der Waals surface area (Å²) < 4.78 is 0. The Hall–Kier alpha value is -1.35. The van der Waals surface area contributed by atoms with E-state index in [0.717, 1.165) is 0 Å². The largest absolute Gasteiger partial charge is 0.337 e. The van der Waals surface area contributed by atoms with Crippen LogP contribution in [0, 0.1) is 12.8 Å². The zero-order valence-corrected chi connectivity index (χ0v) is 11.8. The lowest BCUT2D eigenvalue weighted by atomic mass is 10.0. The minimum Gasteiger partial charge on any atom is -0.337 e. The van der Waals surface area contributed by atoms with Crippen LogP contribution in [0.4, 0.5) is 0 Å². The number of amides is 1. The first-order valence-electron chi connectivity index (χ1n) is 6.56. The summed E-state index contributed by atoms with van der Waals surface area (Å²) in [6.45, 7) is 9.34. The van der Waals surface area contributed by atoms with Crippen LogP contribution in [0.1, 0.15) is 31.9 Å². The van der Waals surface area contributed by atoms with E-state index in [1.165, 1.54) is 11.1 Å². The molecule has 1 amide bonds. The SMILES string of the molecule is CCN(Cc1ccccc1C)C(=O)C(N)C(C)C. The molecule has 3 nitrogen and oxygen atoms in total. The first-order valence-corrected chi connectivity index (χ1v) is 6.56. The van der Waals surface area contributed by atoms with Crippen LogP contribution in [0.5, 0.6) is 0 Å². The highest BCUT2D eigenvalue weighted by Gasteiger charge is 2.22. The molecule has 0 aliphatic rings. The molecule has 2 N–H and O–H groups in total. The maximum absolute atomic E-state index is 12.2. The quantitative estimate of drug-likeness (QED) is 0.869. The summed E-state index contributed by atoms with van der Waals surface area (Å²) in [4.78, 5) is 14.1. The maximum atomic E-state index is 12.2. The predicted molar refractivity (Wildman–Crippen MR) is 75.1 cm³/mol. The van der Waals surface area contributed by atoms with E-state index in [1.807, 2.05) is 37.8 Å². The summed E-state index contributed by atoms with van der Waals surface area (Å²) in [5.41, 5.74) is 8.33. The van der Waals surface area contributed by atoms with E-state index in [4.69, 9.17) is 5.73 Å². The van der Waals surface area contributed by atoms with Gasteiger partial charge < -0.3 is 10.6 Å². The van der Waals surface area contributed by atoms with Gasteiger partial charge in [0.1, 0.15) is 0 Å². The Morgan fingerprint density at radius 1 is 1.33 bits per heavy atom. The van der Waals surface area contributed by atoms with Crippen molar-refractivity contribution in [3.63, 3.8) is 0 Å². The zero-order valence-electron chi connectivity index (χ0n) is 11.8. The fraction of sp³-hybridized carbons (Fsp3) is 0.533. The Balaban J connectivity index is 2.80. The van der Waals surface area contributed by atoms with Gasteiger partial charge in [0.2, 0.25) is 5.91 Å². The first kappa shape index (κ1) is 14.7. The fourth-order valence-electron chi connectivity index (χ4n) is 1.83. The molecule has 0 saturated carbocycles.